The monoisotopic (exact) mass is 380 g/mol. The number of nitrogens with one attached hydrogen (secondary N) is 1. The number of hydrogen-bond acceptors (Lipinski definition) is 4. The molecule has 3 rings (SSSR count). The molecule has 0 bridgehead atoms. The molecule has 0 saturated carbocycles. The summed E-state index contributed by atoms with van der Waals surface area (Å²) in [6.45, 7) is 2.88. The smallest absolute Gasteiger partial charge is 0.244 e. The van der Waals surface area contributed by atoms with Crippen molar-refractivity contribution in [1.82, 2.24) is 10.2 Å². The molecule has 0 radical (unpaired) electrons. The lowest BCUT2D eigenvalue weighted by Gasteiger charge is -2.33. The second kappa shape index (κ2) is 9.95. The third kappa shape index (κ3) is 5.60. The van der Waals surface area contributed by atoms with Gasteiger partial charge in [-0.15, -0.1) is 0 Å². The van der Waals surface area contributed by atoms with Crippen LogP contribution in [-0.2, 0) is 11.3 Å². The molecule has 28 heavy (non-hydrogen) atoms. The molecule has 1 amide bonds. The van der Waals surface area contributed by atoms with Crippen molar-refractivity contribution in [2.75, 3.05) is 27.3 Å². The predicted molar refractivity (Wildman–Crippen MR) is 111 cm³/mol. The van der Waals surface area contributed by atoms with Crippen LogP contribution in [0, 0.1) is 0 Å². The van der Waals surface area contributed by atoms with Gasteiger partial charge >= 0.3 is 0 Å². The molecule has 5 heteroatoms. The zero-order chi connectivity index (χ0) is 19.8. The molecule has 1 saturated heterocycles. The maximum Gasteiger partial charge on any atom is 0.244 e. The van der Waals surface area contributed by atoms with Gasteiger partial charge in [-0.2, -0.15) is 0 Å². The molecule has 2 aromatic rings. The minimum Gasteiger partial charge on any atom is -0.493 e. The maximum atomic E-state index is 12.4. The third-order valence-electron chi connectivity index (χ3n) is 4.94. The van der Waals surface area contributed by atoms with Gasteiger partial charge in [-0.25, -0.2) is 0 Å². The standard InChI is InChI=1S/C23H28N2O3/c1-27-21-12-10-18(15-22(21)28-2)11-13-23(26)24-20-9-6-14-25(17-20)16-19-7-4-3-5-8-19/h3-5,7-8,10-13,15,20H,6,9,14,16-17H2,1-2H3,(H,24,26)/b13-11+. The molecule has 0 spiro atoms. The quantitative estimate of drug-likeness (QED) is 0.747. The lowest BCUT2D eigenvalue weighted by atomic mass is 10.0. The first-order chi connectivity index (χ1) is 13.7. The van der Waals surface area contributed by atoms with Crippen molar-refractivity contribution in [3.63, 3.8) is 0 Å². The van der Waals surface area contributed by atoms with Crippen molar-refractivity contribution < 1.29 is 14.3 Å². The van der Waals surface area contributed by atoms with Gasteiger partial charge in [0.2, 0.25) is 5.91 Å². The third-order valence-corrected chi connectivity index (χ3v) is 4.94. The number of carbonyl (C=O) groups excluding carboxylic acids is 1. The number of likely N-dealkylation sites (tertiary alicyclic amines) is 1. The first-order valence-electron chi connectivity index (χ1n) is 9.65. The number of carbonyl (C=O) groups is 1. The van der Waals surface area contributed by atoms with Crippen LogP contribution in [-0.4, -0.2) is 44.2 Å². The molecule has 1 fully saturated rings. The van der Waals surface area contributed by atoms with Gasteiger partial charge in [0.15, 0.2) is 11.5 Å². The molecule has 1 atom stereocenters. The van der Waals surface area contributed by atoms with Gasteiger partial charge in [0.1, 0.15) is 0 Å². The van der Waals surface area contributed by atoms with Crippen molar-refractivity contribution >= 4 is 12.0 Å². The van der Waals surface area contributed by atoms with Crippen LogP contribution in [0.25, 0.3) is 6.08 Å². The molecule has 0 aromatic heterocycles. The van der Waals surface area contributed by atoms with E-state index in [1.165, 1.54) is 5.56 Å². The van der Waals surface area contributed by atoms with Crippen molar-refractivity contribution in [2.45, 2.75) is 25.4 Å². The molecule has 1 aliphatic rings. The van der Waals surface area contributed by atoms with Gasteiger partial charge in [0.25, 0.3) is 0 Å². The van der Waals surface area contributed by atoms with Crippen molar-refractivity contribution in [1.29, 1.82) is 0 Å². The second-order valence-corrected chi connectivity index (χ2v) is 7.02. The van der Waals surface area contributed by atoms with E-state index in [9.17, 15) is 4.79 Å². The summed E-state index contributed by atoms with van der Waals surface area (Å²) >= 11 is 0. The molecule has 1 aliphatic heterocycles. The second-order valence-electron chi connectivity index (χ2n) is 7.02. The summed E-state index contributed by atoms with van der Waals surface area (Å²) in [6, 6.07) is 16.2. The number of piperidine rings is 1. The van der Waals surface area contributed by atoms with E-state index in [1.807, 2.05) is 24.3 Å². The zero-order valence-corrected chi connectivity index (χ0v) is 16.6. The SMILES string of the molecule is COc1ccc(/C=C/C(=O)NC2CCCN(Cc3ccccc3)C2)cc1OC. The topological polar surface area (TPSA) is 50.8 Å². The first-order valence-corrected chi connectivity index (χ1v) is 9.65. The fourth-order valence-corrected chi connectivity index (χ4v) is 3.54. The Morgan fingerprint density at radius 1 is 1.14 bits per heavy atom. The highest BCUT2D eigenvalue weighted by Crippen LogP contribution is 2.27. The average molecular weight is 380 g/mol. The van der Waals surface area contributed by atoms with Gasteiger partial charge in [-0.3, -0.25) is 9.69 Å². The molecule has 1 unspecified atom stereocenters. The molecular formula is C23H28N2O3. The van der Waals surface area contributed by atoms with E-state index in [1.54, 1.807) is 26.4 Å². The molecule has 0 aliphatic carbocycles. The largest absolute Gasteiger partial charge is 0.493 e. The van der Waals surface area contributed by atoms with Crippen LogP contribution in [0.4, 0.5) is 0 Å². The van der Waals surface area contributed by atoms with E-state index in [-0.39, 0.29) is 11.9 Å². The maximum absolute atomic E-state index is 12.4. The minimum atomic E-state index is -0.0682. The van der Waals surface area contributed by atoms with E-state index >= 15 is 0 Å². The van der Waals surface area contributed by atoms with Gasteiger partial charge in [0, 0.05) is 25.2 Å². The van der Waals surface area contributed by atoms with Crippen LogP contribution < -0.4 is 14.8 Å². The summed E-state index contributed by atoms with van der Waals surface area (Å²) < 4.78 is 10.5. The fraction of sp³-hybridized carbons (Fsp3) is 0.348. The Morgan fingerprint density at radius 3 is 2.68 bits per heavy atom. The average Bonchev–Trinajstić information content (AvgIpc) is 2.73. The number of hydrogen-bond donors (Lipinski definition) is 1. The van der Waals surface area contributed by atoms with Crippen LogP contribution in [0.15, 0.2) is 54.6 Å². The lowest BCUT2D eigenvalue weighted by Crippen LogP contribution is -2.46. The Labute approximate surface area is 167 Å². The van der Waals surface area contributed by atoms with Crippen LogP contribution in [0.1, 0.15) is 24.0 Å². The van der Waals surface area contributed by atoms with Crippen LogP contribution in [0.3, 0.4) is 0 Å². The summed E-state index contributed by atoms with van der Waals surface area (Å²) in [4.78, 5) is 14.8. The molecule has 1 heterocycles. The van der Waals surface area contributed by atoms with Gasteiger partial charge in [-0.1, -0.05) is 36.4 Å². The number of rotatable bonds is 7. The molecule has 1 N–H and O–H groups in total. The van der Waals surface area contributed by atoms with E-state index in [0.717, 1.165) is 38.0 Å². The van der Waals surface area contributed by atoms with Gasteiger partial charge in [-0.05, 0) is 48.7 Å². The number of nitrogens with zero attached hydrogens (tertiary/aromatic N) is 1. The highest BCUT2D eigenvalue weighted by molar-refractivity contribution is 5.92. The van der Waals surface area contributed by atoms with Crippen LogP contribution in [0.5, 0.6) is 11.5 Å². The Kier molecular flexibility index (Phi) is 7.09. The Morgan fingerprint density at radius 2 is 1.93 bits per heavy atom. The van der Waals surface area contributed by atoms with Crippen LogP contribution in [0.2, 0.25) is 0 Å². The first kappa shape index (κ1) is 20.0. The van der Waals surface area contributed by atoms with E-state index < -0.39 is 0 Å². The Hall–Kier alpha value is -2.79. The summed E-state index contributed by atoms with van der Waals surface area (Å²) in [5.41, 5.74) is 2.20. The zero-order valence-electron chi connectivity index (χ0n) is 16.6. The summed E-state index contributed by atoms with van der Waals surface area (Å²) in [5, 5.41) is 3.13. The lowest BCUT2D eigenvalue weighted by molar-refractivity contribution is -0.117. The normalized spacial score (nSPS) is 17.4. The number of benzene rings is 2. The predicted octanol–water partition coefficient (Wildman–Crippen LogP) is 3.50. The van der Waals surface area contributed by atoms with Gasteiger partial charge in [0.05, 0.1) is 14.2 Å². The Balaban J connectivity index is 1.53. The Bertz CT molecular complexity index is 805. The molecular weight excluding hydrogens is 352 g/mol. The van der Waals surface area contributed by atoms with E-state index in [2.05, 4.69) is 34.5 Å². The van der Waals surface area contributed by atoms with Crippen molar-refractivity contribution in [2.24, 2.45) is 0 Å². The van der Waals surface area contributed by atoms with E-state index in [4.69, 9.17) is 9.47 Å². The van der Waals surface area contributed by atoms with Crippen molar-refractivity contribution in [3.8, 4) is 11.5 Å². The molecule has 2 aromatic carbocycles. The van der Waals surface area contributed by atoms with E-state index in [0.29, 0.717) is 11.5 Å². The summed E-state index contributed by atoms with van der Waals surface area (Å²) in [7, 11) is 3.20. The highest BCUT2D eigenvalue weighted by Gasteiger charge is 2.20. The fourth-order valence-electron chi connectivity index (χ4n) is 3.54. The number of amides is 1. The summed E-state index contributed by atoms with van der Waals surface area (Å²) in [6.07, 6.45) is 5.48. The highest BCUT2D eigenvalue weighted by atomic mass is 16.5. The molecule has 5 nitrogen and oxygen atoms in total. The summed E-state index contributed by atoms with van der Waals surface area (Å²) in [5.74, 6) is 1.25. The van der Waals surface area contributed by atoms with Crippen molar-refractivity contribution in [3.05, 3.63) is 65.7 Å². The minimum absolute atomic E-state index is 0.0682. The number of ether oxygens (including phenoxy) is 2. The van der Waals surface area contributed by atoms with Crippen LogP contribution >= 0.6 is 0 Å². The van der Waals surface area contributed by atoms with Gasteiger partial charge < -0.3 is 14.8 Å². The molecule has 148 valence electrons. The number of methoxy groups -OCH3 is 2.